The van der Waals surface area contributed by atoms with Crippen molar-refractivity contribution in [1.29, 1.82) is 0 Å². The maximum absolute atomic E-state index is 4.34. The summed E-state index contributed by atoms with van der Waals surface area (Å²) in [5, 5.41) is 12.8. The van der Waals surface area contributed by atoms with Crippen molar-refractivity contribution < 1.29 is 0 Å². The summed E-state index contributed by atoms with van der Waals surface area (Å²) >= 11 is 0. The Balaban J connectivity index is 1.62. The van der Waals surface area contributed by atoms with Gasteiger partial charge in [-0.15, -0.1) is 5.10 Å². The molecule has 0 saturated heterocycles. The van der Waals surface area contributed by atoms with Crippen molar-refractivity contribution in [1.82, 2.24) is 39.7 Å². The Morgan fingerprint density at radius 2 is 1.80 bits per heavy atom. The number of benzene rings is 1. The van der Waals surface area contributed by atoms with Crippen LogP contribution < -0.4 is 0 Å². The molecule has 1 unspecified atom stereocenters. The summed E-state index contributed by atoms with van der Waals surface area (Å²) in [4.78, 5) is 12.1. The van der Waals surface area contributed by atoms with Gasteiger partial charge < -0.3 is 0 Å². The largest absolute Gasteiger partial charge is 0.253 e. The summed E-state index contributed by atoms with van der Waals surface area (Å²) in [6.07, 6.45) is 11.0. The third-order valence-electron chi connectivity index (χ3n) is 3.97. The maximum atomic E-state index is 4.34. The van der Waals surface area contributed by atoms with Crippen molar-refractivity contribution in [2.24, 2.45) is 0 Å². The molecular formula is C17H16N8. The van der Waals surface area contributed by atoms with Crippen molar-refractivity contribution in [2.45, 2.75) is 19.0 Å². The zero-order valence-electron chi connectivity index (χ0n) is 13.4. The van der Waals surface area contributed by atoms with Gasteiger partial charge in [0.05, 0.1) is 12.2 Å². The first kappa shape index (κ1) is 15.1. The SMILES string of the molecule is c1ccc(C(CCn2cncn2)n2cc(-c3cncnc3)nn2)cc1. The molecule has 0 aliphatic heterocycles. The molecule has 4 rings (SSSR count). The quantitative estimate of drug-likeness (QED) is 0.537. The van der Waals surface area contributed by atoms with Crippen molar-refractivity contribution in [3.63, 3.8) is 0 Å². The van der Waals surface area contributed by atoms with E-state index in [9.17, 15) is 0 Å². The Kier molecular flexibility index (Phi) is 4.23. The van der Waals surface area contributed by atoms with Crippen LogP contribution >= 0.6 is 0 Å². The molecule has 0 aliphatic rings. The lowest BCUT2D eigenvalue weighted by atomic mass is 10.0. The zero-order valence-corrected chi connectivity index (χ0v) is 13.4. The predicted octanol–water partition coefficient (Wildman–Crippen LogP) is 2.01. The van der Waals surface area contributed by atoms with Crippen LogP contribution in [0.5, 0.6) is 0 Å². The molecule has 0 aliphatic carbocycles. The van der Waals surface area contributed by atoms with Gasteiger partial charge in [0.2, 0.25) is 0 Å². The average Bonchev–Trinajstić information content (AvgIpc) is 3.36. The van der Waals surface area contributed by atoms with Gasteiger partial charge in [0.15, 0.2) is 0 Å². The highest BCUT2D eigenvalue weighted by molar-refractivity contribution is 5.54. The van der Waals surface area contributed by atoms with E-state index in [1.54, 1.807) is 25.0 Å². The molecule has 0 saturated carbocycles. The van der Waals surface area contributed by atoms with Crippen LogP contribution in [0.3, 0.4) is 0 Å². The van der Waals surface area contributed by atoms with Gasteiger partial charge in [-0.25, -0.2) is 19.6 Å². The smallest absolute Gasteiger partial charge is 0.137 e. The number of aromatic nitrogens is 8. The second-order valence-electron chi connectivity index (χ2n) is 5.58. The Morgan fingerprint density at radius 3 is 2.56 bits per heavy atom. The van der Waals surface area contributed by atoms with Gasteiger partial charge in [-0.2, -0.15) is 5.10 Å². The molecule has 0 radical (unpaired) electrons. The highest BCUT2D eigenvalue weighted by Gasteiger charge is 2.16. The highest BCUT2D eigenvalue weighted by atomic mass is 15.4. The predicted molar refractivity (Wildman–Crippen MR) is 90.3 cm³/mol. The fraction of sp³-hybridized carbons (Fsp3) is 0.176. The van der Waals surface area contributed by atoms with E-state index in [0.29, 0.717) is 0 Å². The fourth-order valence-corrected chi connectivity index (χ4v) is 2.72. The molecule has 25 heavy (non-hydrogen) atoms. The molecule has 124 valence electrons. The number of nitrogens with zero attached hydrogens (tertiary/aromatic N) is 8. The van der Waals surface area contributed by atoms with Crippen LogP contribution in [0.1, 0.15) is 18.0 Å². The minimum absolute atomic E-state index is 0.0521. The topological polar surface area (TPSA) is 87.2 Å². The third-order valence-corrected chi connectivity index (χ3v) is 3.97. The first-order valence-electron chi connectivity index (χ1n) is 7.95. The van der Waals surface area contributed by atoms with Gasteiger partial charge in [-0.3, -0.25) is 4.68 Å². The van der Waals surface area contributed by atoms with Gasteiger partial charge in [0.1, 0.15) is 24.7 Å². The van der Waals surface area contributed by atoms with E-state index in [1.165, 1.54) is 11.9 Å². The Morgan fingerprint density at radius 1 is 0.960 bits per heavy atom. The van der Waals surface area contributed by atoms with Crippen LogP contribution in [-0.4, -0.2) is 39.7 Å². The summed E-state index contributed by atoms with van der Waals surface area (Å²) in [5.41, 5.74) is 2.77. The molecule has 4 aromatic rings. The van der Waals surface area contributed by atoms with E-state index in [4.69, 9.17) is 0 Å². The van der Waals surface area contributed by atoms with Crippen molar-refractivity contribution in [3.05, 3.63) is 73.5 Å². The summed E-state index contributed by atoms with van der Waals surface area (Å²) in [7, 11) is 0. The molecule has 8 nitrogen and oxygen atoms in total. The highest BCUT2D eigenvalue weighted by Crippen LogP contribution is 2.24. The Hall–Kier alpha value is -3.42. The molecule has 0 amide bonds. The lowest BCUT2D eigenvalue weighted by Crippen LogP contribution is -2.14. The maximum Gasteiger partial charge on any atom is 0.137 e. The van der Waals surface area contributed by atoms with Crippen molar-refractivity contribution in [3.8, 4) is 11.3 Å². The van der Waals surface area contributed by atoms with Gasteiger partial charge in [0.25, 0.3) is 0 Å². The van der Waals surface area contributed by atoms with Crippen LogP contribution in [-0.2, 0) is 6.54 Å². The molecule has 3 heterocycles. The van der Waals surface area contributed by atoms with Crippen LogP contribution in [0.4, 0.5) is 0 Å². The summed E-state index contributed by atoms with van der Waals surface area (Å²) in [6.45, 7) is 0.739. The number of hydrogen-bond acceptors (Lipinski definition) is 6. The van der Waals surface area contributed by atoms with Crippen LogP contribution in [0, 0.1) is 0 Å². The van der Waals surface area contributed by atoms with Gasteiger partial charge >= 0.3 is 0 Å². The van der Waals surface area contributed by atoms with Crippen LogP contribution in [0.15, 0.2) is 67.9 Å². The summed E-state index contributed by atoms with van der Waals surface area (Å²) in [6, 6.07) is 10.3. The molecule has 0 fully saturated rings. The molecule has 0 spiro atoms. The summed E-state index contributed by atoms with van der Waals surface area (Å²) < 4.78 is 3.70. The van der Waals surface area contributed by atoms with Crippen molar-refractivity contribution >= 4 is 0 Å². The second-order valence-corrected chi connectivity index (χ2v) is 5.58. The monoisotopic (exact) mass is 332 g/mol. The minimum atomic E-state index is 0.0521. The number of rotatable bonds is 6. The molecule has 0 bridgehead atoms. The normalized spacial score (nSPS) is 12.2. The summed E-state index contributed by atoms with van der Waals surface area (Å²) in [5.74, 6) is 0. The zero-order chi connectivity index (χ0) is 16.9. The lowest BCUT2D eigenvalue weighted by Gasteiger charge is -2.17. The minimum Gasteiger partial charge on any atom is -0.253 e. The third kappa shape index (κ3) is 3.42. The number of aryl methyl sites for hydroxylation is 1. The van der Waals surface area contributed by atoms with Gasteiger partial charge in [-0.05, 0) is 12.0 Å². The van der Waals surface area contributed by atoms with Crippen molar-refractivity contribution in [2.75, 3.05) is 0 Å². The van der Waals surface area contributed by atoms with Gasteiger partial charge in [-0.1, -0.05) is 35.5 Å². The molecule has 8 heteroatoms. The first-order chi connectivity index (χ1) is 12.4. The molecule has 1 atom stereocenters. The first-order valence-corrected chi connectivity index (χ1v) is 7.95. The van der Waals surface area contributed by atoms with E-state index in [2.05, 4.69) is 42.5 Å². The van der Waals surface area contributed by atoms with Crippen LogP contribution in [0.2, 0.25) is 0 Å². The average molecular weight is 332 g/mol. The van der Waals surface area contributed by atoms with E-state index in [0.717, 1.165) is 24.2 Å². The molecule has 1 aromatic carbocycles. The van der Waals surface area contributed by atoms with E-state index < -0.39 is 0 Å². The van der Waals surface area contributed by atoms with Crippen LogP contribution in [0.25, 0.3) is 11.3 Å². The lowest BCUT2D eigenvalue weighted by molar-refractivity contribution is 0.430. The van der Waals surface area contributed by atoms with E-state index in [1.807, 2.05) is 33.8 Å². The molecule has 3 aromatic heterocycles. The second kappa shape index (κ2) is 7.00. The standard InChI is InChI=1S/C17H16N8/c1-2-4-14(5-3-1)17(6-7-24-13-20-12-21-24)25-10-16(22-23-25)15-8-18-11-19-9-15/h1-5,8-13,17H,6-7H2. The fourth-order valence-electron chi connectivity index (χ4n) is 2.72. The van der Waals surface area contributed by atoms with Gasteiger partial charge in [0, 0.05) is 24.5 Å². The van der Waals surface area contributed by atoms with E-state index >= 15 is 0 Å². The Labute approximate surface area is 144 Å². The van der Waals surface area contributed by atoms with E-state index in [-0.39, 0.29) is 6.04 Å². The number of hydrogen-bond donors (Lipinski definition) is 0. The molecule has 0 N–H and O–H groups in total. The Bertz CT molecular complexity index is 902. The molecular weight excluding hydrogens is 316 g/mol.